The van der Waals surface area contributed by atoms with Crippen molar-refractivity contribution in [3.05, 3.63) is 99.6 Å². The predicted molar refractivity (Wildman–Crippen MR) is 122 cm³/mol. The van der Waals surface area contributed by atoms with E-state index in [0.717, 1.165) is 22.2 Å². The number of fused-ring (bicyclic) bond motifs is 1. The van der Waals surface area contributed by atoms with Crippen molar-refractivity contribution >= 4 is 22.5 Å². The summed E-state index contributed by atoms with van der Waals surface area (Å²) < 4.78 is 5.24. The smallest absolute Gasteiger partial charge is 0.260 e. The topological polar surface area (TPSA) is 75.3 Å². The van der Waals surface area contributed by atoms with E-state index in [4.69, 9.17) is 4.74 Å². The Bertz CT molecular complexity index is 1310. The van der Waals surface area contributed by atoms with E-state index in [9.17, 15) is 9.59 Å². The van der Waals surface area contributed by atoms with E-state index in [1.54, 1.807) is 36.4 Å². The van der Waals surface area contributed by atoms with Crippen molar-refractivity contribution in [2.75, 3.05) is 12.0 Å². The number of nitrogens with zero attached hydrogens (tertiary/aromatic N) is 2. The van der Waals surface area contributed by atoms with Crippen LogP contribution in [-0.4, -0.2) is 23.0 Å². The van der Waals surface area contributed by atoms with Crippen molar-refractivity contribution in [3.63, 3.8) is 0 Å². The second kappa shape index (κ2) is 8.44. The van der Waals surface area contributed by atoms with Gasteiger partial charge in [-0.2, -0.15) is 0 Å². The molecule has 0 aliphatic carbocycles. The van der Waals surface area contributed by atoms with Crippen LogP contribution in [0.2, 0.25) is 0 Å². The second-order valence-corrected chi connectivity index (χ2v) is 7.50. The molecule has 1 amide bonds. The fraction of sp³-hybridized carbons (Fsp3) is 0.160. The van der Waals surface area contributed by atoms with Gasteiger partial charge in [-0.25, -0.2) is 0 Å². The first-order valence-electron chi connectivity index (χ1n) is 9.95. The highest BCUT2D eigenvalue weighted by Crippen LogP contribution is 2.26. The van der Waals surface area contributed by atoms with Gasteiger partial charge in [-0.15, -0.1) is 0 Å². The van der Waals surface area contributed by atoms with Crippen molar-refractivity contribution < 1.29 is 9.53 Å². The SMILES string of the molecule is COc1ccc2cc(CN(C(=O)c3cccnc3)c3cc(C)ccc3C)c(=O)[nH]c2c1. The number of methoxy groups -OCH3 is 1. The molecule has 0 atom stereocenters. The maximum absolute atomic E-state index is 13.4. The first-order valence-corrected chi connectivity index (χ1v) is 9.95. The van der Waals surface area contributed by atoms with Crippen molar-refractivity contribution in [2.24, 2.45) is 0 Å². The second-order valence-electron chi connectivity index (χ2n) is 7.50. The zero-order chi connectivity index (χ0) is 22.0. The number of benzene rings is 2. The van der Waals surface area contributed by atoms with Gasteiger partial charge < -0.3 is 14.6 Å². The van der Waals surface area contributed by atoms with Gasteiger partial charge in [-0.1, -0.05) is 12.1 Å². The summed E-state index contributed by atoms with van der Waals surface area (Å²) in [5, 5.41) is 0.866. The molecule has 2 aromatic carbocycles. The van der Waals surface area contributed by atoms with Crippen LogP contribution in [0.15, 0.2) is 71.8 Å². The number of hydrogen-bond donors (Lipinski definition) is 1. The van der Waals surface area contributed by atoms with Gasteiger partial charge in [0.15, 0.2) is 0 Å². The van der Waals surface area contributed by atoms with Gasteiger partial charge in [-0.3, -0.25) is 14.6 Å². The van der Waals surface area contributed by atoms with E-state index in [2.05, 4.69) is 9.97 Å². The summed E-state index contributed by atoms with van der Waals surface area (Å²) in [6.45, 7) is 4.07. The molecule has 4 aromatic rings. The van der Waals surface area contributed by atoms with E-state index in [-0.39, 0.29) is 18.0 Å². The quantitative estimate of drug-likeness (QED) is 0.526. The highest BCUT2D eigenvalue weighted by atomic mass is 16.5. The highest BCUT2D eigenvalue weighted by molar-refractivity contribution is 6.06. The molecule has 0 spiro atoms. The number of hydrogen-bond acceptors (Lipinski definition) is 4. The average molecular weight is 413 g/mol. The lowest BCUT2D eigenvalue weighted by molar-refractivity contribution is 0.0984. The Balaban J connectivity index is 1.81. The molecule has 0 bridgehead atoms. The molecule has 0 fully saturated rings. The maximum atomic E-state index is 13.4. The number of aromatic amines is 1. The number of H-pyrrole nitrogens is 1. The number of aromatic nitrogens is 2. The van der Waals surface area contributed by atoms with E-state index in [0.29, 0.717) is 22.4 Å². The molecule has 0 saturated heterocycles. The number of carbonyl (C=O) groups is 1. The molecule has 0 saturated carbocycles. The minimum atomic E-state index is -0.241. The Morgan fingerprint density at radius 2 is 1.94 bits per heavy atom. The average Bonchev–Trinajstić information content (AvgIpc) is 2.79. The maximum Gasteiger partial charge on any atom is 0.260 e. The Kier molecular flexibility index (Phi) is 5.54. The highest BCUT2D eigenvalue weighted by Gasteiger charge is 2.21. The van der Waals surface area contributed by atoms with Crippen LogP contribution in [0.25, 0.3) is 10.9 Å². The Labute approximate surface area is 180 Å². The Morgan fingerprint density at radius 3 is 2.68 bits per heavy atom. The summed E-state index contributed by atoms with van der Waals surface area (Å²) in [7, 11) is 1.58. The summed E-state index contributed by atoms with van der Waals surface area (Å²) in [4.78, 5) is 34.9. The lowest BCUT2D eigenvalue weighted by Gasteiger charge is -2.25. The van der Waals surface area contributed by atoms with Crippen LogP contribution in [0, 0.1) is 13.8 Å². The fourth-order valence-corrected chi connectivity index (χ4v) is 3.56. The molecule has 156 valence electrons. The molecular formula is C25H23N3O3. The number of ether oxygens (including phenoxy) is 1. The zero-order valence-electron chi connectivity index (χ0n) is 17.7. The summed E-state index contributed by atoms with van der Waals surface area (Å²) in [6, 6.07) is 16.7. The minimum absolute atomic E-state index is 0.134. The molecule has 6 heteroatoms. The fourth-order valence-electron chi connectivity index (χ4n) is 3.56. The molecule has 31 heavy (non-hydrogen) atoms. The van der Waals surface area contributed by atoms with Gasteiger partial charge in [0.2, 0.25) is 0 Å². The van der Waals surface area contributed by atoms with E-state index < -0.39 is 0 Å². The summed E-state index contributed by atoms with van der Waals surface area (Å²) >= 11 is 0. The lowest BCUT2D eigenvalue weighted by Crippen LogP contribution is -2.33. The van der Waals surface area contributed by atoms with Crippen molar-refractivity contribution in [2.45, 2.75) is 20.4 Å². The van der Waals surface area contributed by atoms with Crippen LogP contribution >= 0.6 is 0 Å². The molecule has 0 aliphatic heterocycles. The molecule has 1 N–H and O–H groups in total. The largest absolute Gasteiger partial charge is 0.497 e. The van der Waals surface area contributed by atoms with Gasteiger partial charge >= 0.3 is 0 Å². The zero-order valence-corrected chi connectivity index (χ0v) is 17.7. The van der Waals surface area contributed by atoms with E-state index in [1.807, 2.05) is 50.2 Å². The van der Waals surface area contributed by atoms with Crippen LogP contribution in [-0.2, 0) is 6.54 Å². The number of rotatable bonds is 5. The van der Waals surface area contributed by atoms with Gasteiger partial charge in [-0.05, 0) is 66.8 Å². The monoisotopic (exact) mass is 413 g/mol. The Hall–Kier alpha value is -3.93. The predicted octanol–water partition coefficient (Wildman–Crippen LogP) is 4.40. The van der Waals surface area contributed by atoms with Crippen molar-refractivity contribution in [3.8, 4) is 5.75 Å². The number of nitrogens with one attached hydrogen (secondary N) is 1. The summed E-state index contributed by atoms with van der Waals surface area (Å²) in [5.41, 5.74) is 4.15. The van der Waals surface area contributed by atoms with Gasteiger partial charge in [0.1, 0.15) is 5.75 Å². The standard InChI is InChI=1S/C25H23N3O3/c1-16-6-7-17(2)23(11-16)28(25(30)19-5-4-10-26-14-19)15-20-12-18-8-9-21(31-3)13-22(18)27-24(20)29/h4-14H,15H2,1-3H3,(H,27,29). The van der Waals surface area contributed by atoms with Gasteiger partial charge in [0, 0.05) is 29.7 Å². The number of pyridine rings is 2. The number of anilines is 1. The number of carbonyl (C=O) groups excluding carboxylic acids is 1. The molecule has 2 heterocycles. The lowest BCUT2D eigenvalue weighted by atomic mass is 10.1. The number of aryl methyl sites for hydroxylation is 2. The first-order chi connectivity index (χ1) is 15.0. The van der Waals surface area contributed by atoms with Crippen molar-refractivity contribution in [1.29, 1.82) is 0 Å². The van der Waals surface area contributed by atoms with Crippen LogP contribution in [0.1, 0.15) is 27.0 Å². The van der Waals surface area contributed by atoms with Crippen LogP contribution in [0.4, 0.5) is 5.69 Å². The third-order valence-electron chi connectivity index (χ3n) is 5.27. The van der Waals surface area contributed by atoms with Gasteiger partial charge in [0.25, 0.3) is 11.5 Å². The molecule has 0 unspecified atom stereocenters. The summed E-state index contributed by atoms with van der Waals surface area (Å²) in [6.07, 6.45) is 3.17. The summed E-state index contributed by atoms with van der Waals surface area (Å²) in [5.74, 6) is 0.454. The first kappa shape index (κ1) is 20.3. The van der Waals surface area contributed by atoms with Gasteiger partial charge in [0.05, 0.1) is 24.7 Å². The molecule has 0 radical (unpaired) electrons. The van der Waals surface area contributed by atoms with E-state index >= 15 is 0 Å². The third-order valence-corrected chi connectivity index (χ3v) is 5.27. The van der Waals surface area contributed by atoms with Crippen LogP contribution < -0.4 is 15.2 Å². The molecule has 6 nitrogen and oxygen atoms in total. The van der Waals surface area contributed by atoms with Crippen LogP contribution in [0.3, 0.4) is 0 Å². The van der Waals surface area contributed by atoms with E-state index in [1.165, 1.54) is 6.20 Å². The molecular weight excluding hydrogens is 390 g/mol. The minimum Gasteiger partial charge on any atom is -0.497 e. The molecule has 0 aliphatic rings. The van der Waals surface area contributed by atoms with Crippen LogP contribution in [0.5, 0.6) is 5.75 Å². The third kappa shape index (κ3) is 4.19. The molecule has 2 aromatic heterocycles. The number of amides is 1. The molecule has 4 rings (SSSR count). The Morgan fingerprint density at radius 1 is 1.10 bits per heavy atom. The van der Waals surface area contributed by atoms with Crippen molar-refractivity contribution in [1.82, 2.24) is 9.97 Å². The normalized spacial score (nSPS) is 10.8.